The summed E-state index contributed by atoms with van der Waals surface area (Å²) in [5.74, 6) is 4.29. The summed E-state index contributed by atoms with van der Waals surface area (Å²) in [4.78, 5) is 0. The first kappa shape index (κ1) is 36.1. The van der Waals surface area contributed by atoms with Crippen LogP contribution < -0.4 is 28.4 Å². The molecule has 0 bridgehead atoms. The van der Waals surface area contributed by atoms with E-state index >= 15 is 0 Å². The van der Waals surface area contributed by atoms with Gasteiger partial charge in [0.1, 0.15) is 34.5 Å². The molecule has 6 nitrogen and oxygen atoms in total. The zero-order valence-corrected chi connectivity index (χ0v) is 32.5. The summed E-state index contributed by atoms with van der Waals surface area (Å²) in [6.07, 6.45) is 3.66. The Morgan fingerprint density at radius 1 is 0.345 bits per heavy atom. The molecule has 0 heterocycles. The maximum Gasteiger partial charge on any atom is 0.406 e. The minimum absolute atomic E-state index is 0.376. The van der Waals surface area contributed by atoms with E-state index in [1.165, 1.54) is 33.4 Å². The van der Waals surface area contributed by atoms with Crippen LogP contribution in [0.5, 0.6) is 34.5 Å². The van der Waals surface area contributed by atoms with Crippen LogP contribution >= 0.6 is 0 Å². The number of benzene rings is 6. The summed E-state index contributed by atoms with van der Waals surface area (Å²) < 4.78 is 40.0. The van der Waals surface area contributed by atoms with E-state index in [9.17, 15) is 0 Å². The van der Waals surface area contributed by atoms with Gasteiger partial charge >= 0.3 is 13.0 Å². The summed E-state index contributed by atoms with van der Waals surface area (Å²) in [7, 11) is 0. The van der Waals surface area contributed by atoms with Crippen molar-refractivity contribution < 1.29 is 28.4 Å². The van der Waals surface area contributed by atoms with Gasteiger partial charge in [0.15, 0.2) is 0 Å². The monoisotopic (exact) mass is 732 g/mol. The van der Waals surface area contributed by atoms with Crippen LogP contribution in [0, 0.1) is 41.5 Å². The minimum Gasteiger partial charge on any atom is -0.423 e. The van der Waals surface area contributed by atoms with Gasteiger partial charge in [0, 0.05) is 16.5 Å². The third-order valence-electron chi connectivity index (χ3n) is 11.3. The Balaban J connectivity index is 1.21. The molecule has 0 unspecified atom stereocenters. The quantitative estimate of drug-likeness (QED) is 0.117. The van der Waals surface area contributed by atoms with Crippen LogP contribution in [0.3, 0.4) is 0 Å². The van der Waals surface area contributed by atoms with Crippen molar-refractivity contribution in [1.82, 2.24) is 0 Å². The molecule has 0 radical (unpaired) electrons. The molecule has 1 spiro atoms. The third-order valence-corrected chi connectivity index (χ3v) is 11.3. The van der Waals surface area contributed by atoms with Gasteiger partial charge in [-0.1, -0.05) is 84.9 Å². The van der Waals surface area contributed by atoms with Crippen molar-refractivity contribution in [3.63, 3.8) is 0 Å². The minimum atomic E-state index is -1.05. The lowest BCUT2D eigenvalue weighted by Gasteiger charge is -2.32. The Bertz CT molecular complexity index is 2080. The second kappa shape index (κ2) is 15.1. The van der Waals surface area contributed by atoms with E-state index in [-0.39, 0.29) is 5.41 Å². The van der Waals surface area contributed by atoms with Crippen molar-refractivity contribution in [2.75, 3.05) is 0 Å². The molecular formula is C49H48O6. The van der Waals surface area contributed by atoms with E-state index in [1.807, 2.05) is 125 Å². The van der Waals surface area contributed by atoms with E-state index in [1.54, 1.807) is 0 Å². The maximum absolute atomic E-state index is 6.93. The van der Waals surface area contributed by atoms with Gasteiger partial charge in [-0.25, -0.2) is 0 Å². The molecule has 55 heavy (non-hydrogen) atoms. The Labute approximate surface area is 324 Å². The van der Waals surface area contributed by atoms with Crippen LogP contribution in [0.2, 0.25) is 0 Å². The van der Waals surface area contributed by atoms with Crippen LogP contribution in [0.4, 0.5) is 0 Å². The van der Waals surface area contributed by atoms with Crippen molar-refractivity contribution in [2.24, 2.45) is 0 Å². The third kappa shape index (κ3) is 7.09. The number of aryl methyl sites for hydroxylation is 6. The molecule has 0 amide bonds. The molecule has 0 saturated heterocycles. The Morgan fingerprint density at radius 3 is 0.945 bits per heavy atom. The smallest absolute Gasteiger partial charge is 0.406 e. The van der Waals surface area contributed by atoms with Crippen LogP contribution in [-0.4, -0.2) is 13.0 Å². The number of ether oxygens (including phenoxy) is 6. The molecule has 0 aromatic heterocycles. The van der Waals surface area contributed by atoms with E-state index < -0.39 is 13.0 Å². The van der Waals surface area contributed by atoms with Gasteiger partial charge in [-0.3, -0.25) is 0 Å². The summed E-state index contributed by atoms with van der Waals surface area (Å²) >= 11 is 0. The predicted molar refractivity (Wildman–Crippen MR) is 216 cm³/mol. The molecule has 8 rings (SSSR count). The topological polar surface area (TPSA) is 55.4 Å². The molecule has 2 aliphatic rings. The SMILES string of the molecule is Cc1ccccc1OC(Oc1ccccc1C)Oc1ccc(C)c2c1C1(CC2)CCc2c(C)ccc(OC(Oc3ccccc3C)Oc3ccccc3C)c21. The van der Waals surface area contributed by atoms with Crippen LogP contribution in [0.1, 0.15) is 68.5 Å². The normalized spacial score (nSPS) is 13.8. The maximum atomic E-state index is 6.93. The Hall–Kier alpha value is -5.88. The van der Waals surface area contributed by atoms with E-state index in [2.05, 4.69) is 38.1 Å². The van der Waals surface area contributed by atoms with E-state index in [0.29, 0.717) is 23.0 Å². The molecule has 0 aliphatic heterocycles. The predicted octanol–water partition coefficient (Wildman–Crippen LogP) is 11.4. The molecule has 6 aromatic rings. The van der Waals surface area contributed by atoms with Gasteiger partial charge in [-0.15, -0.1) is 0 Å². The molecule has 0 saturated carbocycles. The van der Waals surface area contributed by atoms with E-state index in [0.717, 1.165) is 59.4 Å². The fourth-order valence-electron chi connectivity index (χ4n) is 8.30. The zero-order chi connectivity index (χ0) is 38.1. The van der Waals surface area contributed by atoms with Crippen molar-refractivity contribution in [2.45, 2.75) is 85.6 Å². The van der Waals surface area contributed by atoms with Gasteiger partial charge in [-0.2, -0.15) is 0 Å². The largest absolute Gasteiger partial charge is 0.423 e. The summed E-state index contributed by atoms with van der Waals surface area (Å²) in [5, 5.41) is 0. The van der Waals surface area contributed by atoms with Crippen LogP contribution in [-0.2, 0) is 18.3 Å². The summed E-state index contributed by atoms with van der Waals surface area (Å²) in [5.41, 5.74) is 11.0. The highest BCUT2D eigenvalue weighted by atomic mass is 16.9. The summed E-state index contributed by atoms with van der Waals surface area (Å²) in [6.45, 7) is 10.4. The number of hydrogen-bond donors (Lipinski definition) is 0. The fourth-order valence-corrected chi connectivity index (χ4v) is 8.30. The average molecular weight is 733 g/mol. The van der Waals surface area contributed by atoms with Crippen LogP contribution in [0.25, 0.3) is 0 Å². The number of fused-ring (bicyclic) bond motifs is 4. The summed E-state index contributed by atoms with van der Waals surface area (Å²) in [6, 6.07) is 40.2. The molecule has 6 heteroatoms. The van der Waals surface area contributed by atoms with Crippen molar-refractivity contribution in [3.05, 3.63) is 177 Å². The lowest BCUT2D eigenvalue weighted by atomic mass is 9.75. The zero-order valence-electron chi connectivity index (χ0n) is 32.5. The standard InChI is InChI=1S/C49H48O6/c1-31-23-25-43(54-47(50-39-19-11-7-15-33(39)3)51-40-20-12-8-16-34(40)4)45-37(31)27-29-49(45)30-28-38-32(2)24-26-44(46(38)49)55-48(52-41-21-13-9-17-35(41)5)53-42-22-14-10-18-36(42)6/h7-26,47-48H,27-30H2,1-6H3. The molecule has 0 fully saturated rings. The van der Waals surface area contributed by atoms with Crippen molar-refractivity contribution in [3.8, 4) is 34.5 Å². The Kier molecular flexibility index (Phi) is 9.91. The lowest BCUT2D eigenvalue weighted by molar-refractivity contribution is -0.141. The number of hydrogen-bond acceptors (Lipinski definition) is 6. The highest BCUT2D eigenvalue weighted by Gasteiger charge is 2.50. The first-order chi connectivity index (χ1) is 26.7. The highest BCUT2D eigenvalue weighted by molar-refractivity contribution is 5.65. The van der Waals surface area contributed by atoms with Gasteiger partial charge < -0.3 is 28.4 Å². The first-order valence-electron chi connectivity index (χ1n) is 19.2. The molecule has 280 valence electrons. The Morgan fingerprint density at radius 2 is 0.636 bits per heavy atom. The second-order valence-electron chi connectivity index (χ2n) is 14.9. The molecule has 0 N–H and O–H groups in total. The van der Waals surface area contributed by atoms with Gasteiger partial charge in [0.25, 0.3) is 0 Å². The number of rotatable bonds is 12. The van der Waals surface area contributed by atoms with Gasteiger partial charge in [-0.05, 0) is 148 Å². The number of para-hydroxylation sites is 4. The van der Waals surface area contributed by atoms with Crippen LogP contribution in [0.15, 0.2) is 121 Å². The average Bonchev–Trinajstić information content (AvgIpc) is 3.77. The molecule has 2 aliphatic carbocycles. The van der Waals surface area contributed by atoms with Gasteiger partial charge in [0.2, 0.25) is 0 Å². The second-order valence-corrected chi connectivity index (χ2v) is 14.9. The lowest BCUT2D eigenvalue weighted by Crippen LogP contribution is -2.34. The van der Waals surface area contributed by atoms with Crippen molar-refractivity contribution >= 4 is 0 Å². The molecular weight excluding hydrogens is 685 g/mol. The molecule has 6 aromatic carbocycles. The van der Waals surface area contributed by atoms with E-state index in [4.69, 9.17) is 28.4 Å². The first-order valence-corrected chi connectivity index (χ1v) is 19.2. The highest BCUT2D eigenvalue weighted by Crippen LogP contribution is 2.59. The van der Waals surface area contributed by atoms with Crippen molar-refractivity contribution in [1.29, 1.82) is 0 Å². The van der Waals surface area contributed by atoms with Gasteiger partial charge in [0.05, 0.1) is 0 Å². The fraction of sp³-hybridized carbons (Fsp3) is 0.265. The molecule has 0 atom stereocenters.